The molecular formula is C18H21N5O2. The Labute approximate surface area is 145 Å². The summed E-state index contributed by atoms with van der Waals surface area (Å²) in [5.41, 5.74) is 3.24. The van der Waals surface area contributed by atoms with Crippen molar-refractivity contribution in [2.75, 3.05) is 19.7 Å². The van der Waals surface area contributed by atoms with Crippen molar-refractivity contribution in [3.8, 4) is 0 Å². The smallest absolute Gasteiger partial charge is 0.274 e. The Morgan fingerprint density at radius 1 is 1.24 bits per heavy atom. The fraction of sp³-hybridized carbons (Fsp3) is 0.389. The standard InChI is InChI=1S/C18H21N5O2/c1-12-9-21(3)17(19-12)15-11-22(7-8-25-15)18(24)14-10-23-13(2)5-4-6-16(23)20-14/h4-6,9-10,15H,7-8,11H2,1-3H3/t15-/m0/s1. The second-order valence-electron chi connectivity index (χ2n) is 6.48. The summed E-state index contributed by atoms with van der Waals surface area (Å²) in [7, 11) is 1.95. The van der Waals surface area contributed by atoms with Gasteiger partial charge in [-0.1, -0.05) is 6.07 Å². The largest absolute Gasteiger partial charge is 0.367 e. The highest BCUT2D eigenvalue weighted by Crippen LogP contribution is 2.22. The molecule has 130 valence electrons. The van der Waals surface area contributed by atoms with Crippen molar-refractivity contribution < 1.29 is 9.53 Å². The second kappa shape index (κ2) is 6.00. The molecule has 7 heteroatoms. The number of carbonyl (C=O) groups is 1. The highest BCUT2D eigenvalue weighted by Gasteiger charge is 2.29. The third kappa shape index (κ3) is 2.80. The second-order valence-corrected chi connectivity index (χ2v) is 6.48. The van der Waals surface area contributed by atoms with Gasteiger partial charge in [0.2, 0.25) is 0 Å². The molecule has 0 N–H and O–H groups in total. The summed E-state index contributed by atoms with van der Waals surface area (Å²) in [6.07, 6.45) is 3.56. The average molecular weight is 339 g/mol. The Morgan fingerprint density at radius 3 is 2.80 bits per heavy atom. The van der Waals surface area contributed by atoms with E-state index < -0.39 is 0 Å². The van der Waals surface area contributed by atoms with Crippen molar-refractivity contribution in [3.05, 3.63) is 53.5 Å². The third-order valence-corrected chi connectivity index (χ3v) is 4.59. The van der Waals surface area contributed by atoms with E-state index in [2.05, 4.69) is 9.97 Å². The van der Waals surface area contributed by atoms with Crippen LogP contribution in [0.15, 0.2) is 30.6 Å². The van der Waals surface area contributed by atoms with Crippen LogP contribution in [0.25, 0.3) is 5.65 Å². The first kappa shape index (κ1) is 15.8. The van der Waals surface area contributed by atoms with Crippen molar-refractivity contribution >= 4 is 11.6 Å². The van der Waals surface area contributed by atoms with Gasteiger partial charge >= 0.3 is 0 Å². The van der Waals surface area contributed by atoms with Gasteiger partial charge in [0.05, 0.1) is 18.8 Å². The van der Waals surface area contributed by atoms with E-state index in [4.69, 9.17) is 4.74 Å². The number of pyridine rings is 1. The number of fused-ring (bicyclic) bond motifs is 1. The minimum absolute atomic E-state index is 0.0673. The zero-order valence-electron chi connectivity index (χ0n) is 14.6. The minimum atomic E-state index is -0.213. The lowest BCUT2D eigenvalue weighted by Gasteiger charge is -2.32. The van der Waals surface area contributed by atoms with Crippen molar-refractivity contribution in [3.63, 3.8) is 0 Å². The molecule has 1 aliphatic rings. The van der Waals surface area contributed by atoms with E-state index in [0.717, 1.165) is 22.9 Å². The van der Waals surface area contributed by atoms with Crippen LogP contribution in [0, 0.1) is 13.8 Å². The van der Waals surface area contributed by atoms with Crippen LogP contribution in [0.5, 0.6) is 0 Å². The van der Waals surface area contributed by atoms with E-state index >= 15 is 0 Å². The van der Waals surface area contributed by atoms with E-state index in [1.807, 2.05) is 60.5 Å². The molecule has 3 aromatic heterocycles. The highest BCUT2D eigenvalue weighted by molar-refractivity contribution is 5.93. The Hall–Kier alpha value is -2.67. The number of morpholine rings is 1. The lowest BCUT2D eigenvalue weighted by molar-refractivity contribution is -0.0281. The van der Waals surface area contributed by atoms with Crippen molar-refractivity contribution in [1.82, 2.24) is 23.8 Å². The normalized spacial score (nSPS) is 18.0. The molecular weight excluding hydrogens is 318 g/mol. The fourth-order valence-corrected chi connectivity index (χ4v) is 3.34. The molecule has 0 aliphatic carbocycles. The molecule has 1 amide bonds. The number of carbonyl (C=O) groups excluding carboxylic acids is 1. The van der Waals surface area contributed by atoms with Gasteiger partial charge in [-0.15, -0.1) is 0 Å². The summed E-state index contributed by atoms with van der Waals surface area (Å²) in [5, 5.41) is 0. The molecule has 0 spiro atoms. The first-order valence-corrected chi connectivity index (χ1v) is 8.38. The SMILES string of the molecule is Cc1cn(C)c([C@@H]2CN(C(=O)c3cn4c(C)cccc4n3)CCO2)n1. The van der Waals surface area contributed by atoms with Gasteiger partial charge in [-0.2, -0.15) is 0 Å². The van der Waals surface area contributed by atoms with Gasteiger partial charge in [0.1, 0.15) is 23.3 Å². The van der Waals surface area contributed by atoms with Gasteiger partial charge < -0.3 is 18.6 Å². The predicted molar refractivity (Wildman–Crippen MR) is 92.5 cm³/mol. The van der Waals surface area contributed by atoms with Crippen LogP contribution in [-0.4, -0.2) is 49.4 Å². The molecule has 3 aromatic rings. The summed E-state index contributed by atoms with van der Waals surface area (Å²) in [6.45, 7) is 5.49. The molecule has 1 saturated heterocycles. The van der Waals surface area contributed by atoms with Crippen LogP contribution >= 0.6 is 0 Å². The van der Waals surface area contributed by atoms with Gasteiger partial charge in [0.15, 0.2) is 0 Å². The summed E-state index contributed by atoms with van der Waals surface area (Å²) >= 11 is 0. The number of aryl methyl sites for hydroxylation is 3. The zero-order chi connectivity index (χ0) is 17.6. The van der Waals surface area contributed by atoms with Gasteiger partial charge in [-0.3, -0.25) is 4.79 Å². The first-order chi connectivity index (χ1) is 12.0. The minimum Gasteiger partial charge on any atom is -0.367 e. The monoisotopic (exact) mass is 339 g/mol. The van der Waals surface area contributed by atoms with Gasteiger partial charge in [0, 0.05) is 31.7 Å². The molecule has 7 nitrogen and oxygen atoms in total. The number of hydrogen-bond acceptors (Lipinski definition) is 4. The molecule has 4 heterocycles. The number of ether oxygens (including phenoxy) is 1. The number of imidazole rings is 2. The quantitative estimate of drug-likeness (QED) is 0.715. The maximum atomic E-state index is 12.9. The Morgan fingerprint density at radius 2 is 2.08 bits per heavy atom. The van der Waals surface area contributed by atoms with E-state index in [1.54, 1.807) is 4.90 Å². The molecule has 4 rings (SSSR count). The van der Waals surface area contributed by atoms with Gasteiger partial charge in [-0.25, -0.2) is 9.97 Å². The van der Waals surface area contributed by atoms with E-state index in [1.165, 1.54) is 0 Å². The predicted octanol–water partition coefficient (Wildman–Crippen LogP) is 1.90. The van der Waals surface area contributed by atoms with Crippen LogP contribution in [0.2, 0.25) is 0 Å². The van der Waals surface area contributed by atoms with Gasteiger partial charge in [-0.05, 0) is 26.0 Å². The van der Waals surface area contributed by atoms with Crippen LogP contribution in [-0.2, 0) is 11.8 Å². The lowest BCUT2D eigenvalue weighted by Crippen LogP contribution is -2.43. The van der Waals surface area contributed by atoms with Crippen LogP contribution in [0.4, 0.5) is 0 Å². The molecule has 1 atom stereocenters. The summed E-state index contributed by atoms with van der Waals surface area (Å²) < 4.78 is 9.75. The van der Waals surface area contributed by atoms with E-state index in [9.17, 15) is 4.79 Å². The van der Waals surface area contributed by atoms with Crippen LogP contribution < -0.4 is 0 Å². The molecule has 0 bridgehead atoms. The van der Waals surface area contributed by atoms with Crippen LogP contribution in [0.3, 0.4) is 0 Å². The lowest BCUT2D eigenvalue weighted by atomic mass is 10.2. The molecule has 0 unspecified atom stereocenters. The number of rotatable bonds is 2. The average Bonchev–Trinajstić information content (AvgIpc) is 3.18. The maximum absolute atomic E-state index is 12.9. The van der Waals surface area contributed by atoms with E-state index in [-0.39, 0.29) is 12.0 Å². The first-order valence-electron chi connectivity index (χ1n) is 8.38. The maximum Gasteiger partial charge on any atom is 0.274 e. The molecule has 0 saturated carbocycles. The third-order valence-electron chi connectivity index (χ3n) is 4.59. The molecule has 25 heavy (non-hydrogen) atoms. The Bertz CT molecular complexity index is 942. The molecule has 1 aliphatic heterocycles. The van der Waals surface area contributed by atoms with Crippen LogP contribution in [0.1, 0.15) is 33.8 Å². The Kier molecular flexibility index (Phi) is 3.80. The van der Waals surface area contributed by atoms with Crippen molar-refractivity contribution in [1.29, 1.82) is 0 Å². The Balaban J connectivity index is 1.58. The van der Waals surface area contributed by atoms with Gasteiger partial charge in [0.25, 0.3) is 5.91 Å². The number of nitrogens with zero attached hydrogens (tertiary/aromatic N) is 5. The van der Waals surface area contributed by atoms with Crippen molar-refractivity contribution in [2.45, 2.75) is 20.0 Å². The zero-order valence-corrected chi connectivity index (χ0v) is 14.6. The highest BCUT2D eigenvalue weighted by atomic mass is 16.5. The van der Waals surface area contributed by atoms with E-state index in [0.29, 0.717) is 25.4 Å². The molecule has 1 fully saturated rings. The summed E-state index contributed by atoms with van der Waals surface area (Å²) in [5.74, 6) is 0.781. The van der Waals surface area contributed by atoms with Crippen molar-refractivity contribution in [2.24, 2.45) is 7.05 Å². The molecule has 0 aromatic carbocycles. The summed E-state index contributed by atoms with van der Waals surface area (Å²) in [6, 6.07) is 5.85. The topological polar surface area (TPSA) is 64.7 Å². The molecule has 0 radical (unpaired) electrons. The number of hydrogen-bond donors (Lipinski definition) is 0. The number of amides is 1. The number of aromatic nitrogens is 4. The summed E-state index contributed by atoms with van der Waals surface area (Å²) in [4.78, 5) is 23.7. The fourth-order valence-electron chi connectivity index (χ4n) is 3.34.